The minimum atomic E-state index is -4.54. The summed E-state index contributed by atoms with van der Waals surface area (Å²) in [4.78, 5) is 18.9. The van der Waals surface area contributed by atoms with E-state index in [1.54, 1.807) is 26.0 Å². The first kappa shape index (κ1) is 18.3. The summed E-state index contributed by atoms with van der Waals surface area (Å²) in [6.07, 6.45) is -1.68. The van der Waals surface area contributed by atoms with Gasteiger partial charge in [-0.2, -0.15) is 13.2 Å². The van der Waals surface area contributed by atoms with Crippen LogP contribution in [0.15, 0.2) is 18.2 Å². The molecule has 2 unspecified atom stereocenters. The van der Waals surface area contributed by atoms with E-state index in [-0.39, 0.29) is 29.5 Å². The molecule has 1 N–H and O–H groups in total. The summed E-state index contributed by atoms with van der Waals surface area (Å²) in [6.45, 7) is 5.04. The topological polar surface area (TPSA) is 50.2 Å². The molecule has 8 heteroatoms. The number of aromatic nitrogens is 2. The fourth-order valence-electron chi connectivity index (χ4n) is 4.42. The summed E-state index contributed by atoms with van der Waals surface area (Å²) in [5.41, 5.74) is 1.01. The Labute approximate surface area is 155 Å². The van der Waals surface area contributed by atoms with Crippen molar-refractivity contribution >= 4 is 16.9 Å². The van der Waals surface area contributed by atoms with Crippen molar-refractivity contribution in [1.82, 2.24) is 19.8 Å². The smallest absolute Gasteiger partial charge is 0.331 e. The molecule has 2 atom stereocenters. The third-order valence-electron chi connectivity index (χ3n) is 5.60. The average Bonchev–Trinajstić information content (AvgIpc) is 3.09. The quantitative estimate of drug-likeness (QED) is 0.866. The van der Waals surface area contributed by atoms with Crippen LogP contribution in [-0.2, 0) is 6.18 Å². The van der Waals surface area contributed by atoms with Crippen LogP contribution in [-0.4, -0.2) is 45.5 Å². The van der Waals surface area contributed by atoms with Crippen molar-refractivity contribution in [3.05, 3.63) is 29.6 Å². The first-order valence-electron chi connectivity index (χ1n) is 9.40. The predicted octanol–water partition coefficient (Wildman–Crippen LogP) is 3.60. The lowest BCUT2D eigenvalue weighted by atomic mass is 10.1. The van der Waals surface area contributed by atoms with Crippen LogP contribution in [0, 0.1) is 0 Å². The maximum absolute atomic E-state index is 13.4. The Kier molecular flexibility index (Phi) is 4.41. The molecule has 146 valence electrons. The van der Waals surface area contributed by atoms with Gasteiger partial charge in [0.1, 0.15) is 0 Å². The lowest BCUT2D eigenvalue weighted by Crippen LogP contribution is -2.42. The number of benzene rings is 1. The molecule has 5 nitrogen and oxygen atoms in total. The van der Waals surface area contributed by atoms with E-state index in [0.29, 0.717) is 11.1 Å². The van der Waals surface area contributed by atoms with Gasteiger partial charge in [-0.1, -0.05) is 0 Å². The molecule has 27 heavy (non-hydrogen) atoms. The first-order chi connectivity index (χ1) is 12.8. The molecule has 3 heterocycles. The van der Waals surface area contributed by atoms with Crippen LogP contribution >= 0.6 is 0 Å². The van der Waals surface area contributed by atoms with E-state index in [4.69, 9.17) is 0 Å². The number of amides is 1. The highest BCUT2D eigenvalue weighted by atomic mass is 19.4. The average molecular weight is 380 g/mol. The Bertz CT molecular complexity index is 860. The number of nitrogens with zero attached hydrogens (tertiary/aromatic N) is 3. The molecule has 2 aromatic rings. The summed E-state index contributed by atoms with van der Waals surface area (Å²) >= 11 is 0. The van der Waals surface area contributed by atoms with E-state index in [1.165, 1.54) is 10.6 Å². The lowest BCUT2D eigenvalue weighted by molar-refractivity contribution is -0.147. The van der Waals surface area contributed by atoms with E-state index >= 15 is 0 Å². The molecule has 2 fully saturated rings. The summed E-state index contributed by atoms with van der Waals surface area (Å²) in [6, 6.07) is 4.68. The number of hydrogen-bond donors (Lipinski definition) is 1. The minimum absolute atomic E-state index is 0.110. The monoisotopic (exact) mass is 380 g/mol. The fraction of sp³-hybridized carbons (Fsp3) is 0.579. The van der Waals surface area contributed by atoms with Gasteiger partial charge in [-0.05, 0) is 57.9 Å². The van der Waals surface area contributed by atoms with Crippen LogP contribution in [0.4, 0.5) is 13.2 Å². The summed E-state index contributed by atoms with van der Waals surface area (Å²) < 4.78 is 41.3. The highest BCUT2D eigenvalue weighted by Crippen LogP contribution is 2.35. The molecular weight excluding hydrogens is 357 g/mol. The van der Waals surface area contributed by atoms with E-state index < -0.39 is 12.0 Å². The summed E-state index contributed by atoms with van der Waals surface area (Å²) in [5, 5.41) is 3.35. The first-order valence-corrected chi connectivity index (χ1v) is 9.40. The second-order valence-corrected chi connectivity index (χ2v) is 7.69. The number of alkyl halides is 3. The number of carbonyl (C=O) groups is 1. The SMILES string of the molecule is CC(C)n1c(C(F)(F)F)nc2cc(C(=O)N3C4CCNCC3CC4)ccc21. The molecule has 4 rings (SSSR count). The number of carbonyl (C=O) groups excluding carboxylic acids is 1. The Hall–Kier alpha value is -2.09. The van der Waals surface area contributed by atoms with E-state index in [0.717, 1.165) is 32.4 Å². The van der Waals surface area contributed by atoms with E-state index in [1.807, 2.05) is 4.90 Å². The molecule has 0 aliphatic carbocycles. The number of imidazole rings is 1. The molecule has 2 bridgehead atoms. The molecule has 0 radical (unpaired) electrons. The van der Waals surface area contributed by atoms with Crippen molar-refractivity contribution in [2.75, 3.05) is 13.1 Å². The van der Waals surface area contributed by atoms with Gasteiger partial charge < -0.3 is 14.8 Å². The van der Waals surface area contributed by atoms with Crippen molar-refractivity contribution < 1.29 is 18.0 Å². The largest absolute Gasteiger partial charge is 0.449 e. The highest BCUT2D eigenvalue weighted by Gasteiger charge is 2.40. The zero-order chi connectivity index (χ0) is 19.3. The predicted molar refractivity (Wildman–Crippen MR) is 95.6 cm³/mol. The van der Waals surface area contributed by atoms with Crippen LogP contribution in [0.3, 0.4) is 0 Å². The Morgan fingerprint density at radius 2 is 1.96 bits per heavy atom. The van der Waals surface area contributed by atoms with Gasteiger partial charge in [0.25, 0.3) is 5.91 Å². The number of halogens is 3. The molecule has 0 saturated carbocycles. The second kappa shape index (κ2) is 6.51. The van der Waals surface area contributed by atoms with Crippen molar-refractivity contribution in [2.45, 2.75) is 57.4 Å². The third kappa shape index (κ3) is 3.09. The zero-order valence-electron chi connectivity index (χ0n) is 15.4. The Balaban J connectivity index is 1.74. The number of nitrogens with one attached hydrogen (secondary N) is 1. The van der Waals surface area contributed by atoms with Crippen LogP contribution < -0.4 is 5.32 Å². The van der Waals surface area contributed by atoms with E-state index in [9.17, 15) is 18.0 Å². The Morgan fingerprint density at radius 3 is 2.67 bits per heavy atom. The third-order valence-corrected chi connectivity index (χ3v) is 5.60. The fourth-order valence-corrected chi connectivity index (χ4v) is 4.42. The van der Waals surface area contributed by atoms with Gasteiger partial charge in [0.15, 0.2) is 0 Å². The Morgan fingerprint density at radius 1 is 1.22 bits per heavy atom. The van der Waals surface area contributed by atoms with Gasteiger partial charge in [-0.25, -0.2) is 4.98 Å². The maximum Gasteiger partial charge on any atom is 0.449 e. The van der Waals surface area contributed by atoms with Gasteiger partial charge in [0.2, 0.25) is 5.82 Å². The van der Waals surface area contributed by atoms with Crippen molar-refractivity contribution in [3.63, 3.8) is 0 Å². The lowest BCUT2D eigenvalue weighted by Gasteiger charge is -2.28. The standard InChI is InChI=1S/C19H23F3N4O/c1-11(2)25-16-6-3-12(9-15(16)24-18(25)19(20,21)22)17(27)26-13-4-5-14(26)10-23-8-7-13/h3,6,9,11,13-14,23H,4-5,7-8,10H2,1-2H3. The van der Waals surface area contributed by atoms with Crippen LogP contribution in [0.1, 0.15) is 55.3 Å². The van der Waals surface area contributed by atoms with Gasteiger partial charge in [0, 0.05) is 30.2 Å². The molecule has 2 saturated heterocycles. The van der Waals surface area contributed by atoms with Gasteiger partial charge >= 0.3 is 6.18 Å². The molecular formula is C19H23F3N4O. The van der Waals surface area contributed by atoms with Crippen molar-refractivity contribution in [3.8, 4) is 0 Å². The van der Waals surface area contributed by atoms with Gasteiger partial charge in [0.05, 0.1) is 11.0 Å². The van der Waals surface area contributed by atoms with Gasteiger partial charge in [-0.15, -0.1) is 0 Å². The highest BCUT2D eigenvalue weighted by molar-refractivity contribution is 5.98. The van der Waals surface area contributed by atoms with Crippen molar-refractivity contribution in [1.29, 1.82) is 0 Å². The summed E-state index contributed by atoms with van der Waals surface area (Å²) in [7, 11) is 0. The van der Waals surface area contributed by atoms with Crippen LogP contribution in [0.5, 0.6) is 0 Å². The van der Waals surface area contributed by atoms with Crippen molar-refractivity contribution in [2.24, 2.45) is 0 Å². The zero-order valence-corrected chi connectivity index (χ0v) is 15.4. The number of rotatable bonds is 2. The normalized spacial score (nSPS) is 23.3. The molecule has 2 aliphatic rings. The molecule has 2 aliphatic heterocycles. The van der Waals surface area contributed by atoms with Crippen LogP contribution in [0.2, 0.25) is 0 Å². The maximum atomic E-state index is 13.4. The molecule has 1 amide bonds. The second-order valence-electron chi connectivity index (χ2n) is 7.69. The molecule has 0 spiro atoms. The summed E-state index contributed by atoms with van der Waals surface area (Å²) in [5.74, 6) is -1.03. The molecule has 1 aromatic carbocycles. The molecule has 1 aromatic heterocycles. The van der Waals surface area contributed by atoms with E-state index in [2.05, 4.69) is 10.3 Å². The minimum Gasteiger partial charge on any atom is -0.331 e. The number of hydrogen-bond acceptors (Lipinski definition) is 3. The van der Waals surface area contributed by atoms with Crippen LogP contribution in [0.25, 0.3) is 11.0 Å². The van der Waals surface area contributed by atoms with Gasteiger partial charge in [-0.3, -0.25) is 4.79 Å². The number of fused-ring (bicyclic) bond motifs is 3.